The van der Waals surface area contributed by atoms with Crippen LogP contribution in [0.2, 0.25) is 0 Å². The van der Waals surface area contributed by atoms with Gasteiger partial charge in [0.05, 0.1) is 30.1 Å². The van der Waals surface area contributed by atoms with Crippen LogP contribution in [0.15, 0.2) is 23.1 Å². The molecule has 17 heavy (non-hydrogen) atoms. The normalized spacial score (nSPS) is 21.4. The minimum atomic E-state index is -0.0168. The van der Waals surface area contributed by atoms with Crippen molar-refractivity contribution in [2.24, 2.45) is 5.73 Å². The van der Waals surface area contributed by atoms with Crippen LogP contribution in [-0.4, -0.2) is 31.4 Å². The summed E-state index contributed by atoms with van der Waals surface area (Å²) in [5, 5.41) is 2.87. The van der Waals surface area contributed by atoms with Crippen molar-refractivity contribution in [3.8, 4) is 0 Å². The number of ether oxygens (including phenoxy) is 1. The molecule has 0 unspecified atom stereocenters. The molecule has 5 heteroatoms. The Labute approximate surface area is 104 Å². The first-order valence-corrected chi connectivity index (χ1v) is 6.57. The van der Waals surface area contributed by atoms with Crippen molar-refractivity contribution in [2.45, 2.75) is 10.3 Å². The molecule has 1 aromatic rings. The van der Waals surface area contributed by atoms with Gasteiger partial charge in [-0.1, -0.05) is 6.07 Å². The quantitative estimate of drug-likeness (QED) is 0.820. The third kappa shape index (κ3) is 1.74. The van der Waals surface area contributed by atoms with Gasteiger partial charge in [-0.05, 0) is 17.7 Å². The Bertz CT molecular complexity index is 466. The van der Waals surface area contributed by atoms with Crippen LogP contribution in [0.5, 0.6) is 0 Å². The van der Waals surface area contributed by atoms with E-state index in [2.05, 4.69) is 11.4 Å². The van der Waals surface area contributed by atoms with Gasteiger partial charge >= 0.3 is 0 Å². The molecule has 0 bridgehead atoms. The predicted molar refractivity (Wildman–Crippen MR) is 67.3 cm³/mol. The zero-order valence-corrected chi connectivity index (χ0v) is 10.2. The summed E-state index contributed by atoms with van der Waals surface area (Å²) in [6, 6.07) is 6.14. The minimum absolute atomic E-state index is 0.0168. The molecule has 0 aromatic heterocycles. The SMILES string of the molecule is NCC1(c2ccc3c(c2)SCC(=O)N3)COC1. The molecule has 1 fully saturated rings. The van der Waals surface area contributed by atoms with Crippen LogP contribution in [-0.2, 0) is 14.9 Å². The molecule has 3 rings (SSSR count). The second-order valence-corrected chi connectivity index (χ2v) is 5.54. The van der Waals surface area contributed by atoms with E-state index >= 15 is 0 Å². The summed E-state index contributed by atoms with van der Waals surface area (Å²) in [5.74, 6) is 0.554. The molecule has 0 aliphatic carbocycles. The molecular weight excluding hydrogens is 236 g/mol. The van der Waals surface area contributed by atoms with E-state index in [1.54, 1.807) is 11.8 Å². The third-order valence-electron chi connectivity index (χ3n) is 3.37. The second-order valence-electron chi connectivity index (χ2n) is 4.53. The average Bonchev–Trinajstić information content (AvgIpc) is 2.28. The summed E-state index contributed by atoms with van der Waals surface area (Å²) >= 11 is 1.58. The van der Waals surface area contributed by atoms with E-state index < -0.39 is 0 Å². The lowest BCUT2D eigenvalue weighted by molar-refractivity contribution is -0.113. The van der Waals surface area contributed by atoms with Gasteiger partial charge < -0.3 is 15.8 Å². The highest BCUT2D eigenvalue weighted by Gasteiger charge is 2.39. The molecule has 2 heterocycles. The number of nitrogens with one attached hydrogen (secondary N) is 1. The Kier molecular flexibility index (Phi) is 2.61. The van der Waals surface area contributed by atoms with E-state index in [-0.39, 0.29) is 11.3 Å². The van der Waals surface area contributed by atoms with Crippen molar-refractivity contribution in [2.75, 3.05) is 30.8 Å². The largest absolute Gasteiger partial charge is 0.379 e. The van der Waals surface area contributed by atoms with E-state index in [9.17, 15) is 4.79 Å². The molecule has 1 saturated heterocycles. The number of anilines is 1. The van der Waals surface area contributed by atoms with Gasteiger partial charge in [0.15, 0.2) is 0 Å². The fourth-order valence-electron chi connectivity index (χ4n) is 2.16. The maximum atomic E-state index is 11.3. The molecule has 4 nitrogen and oxygen atoms in total. The summed E-state index contributed by atoms with van der Waals surface area (Å²) in [7, 11) is 0. The average molecular weight is 250 g/mol. The standard InChI is InChI=1S/C12H14N2O2S/c13-5-12(6-16-7-12)8-1-2-9-10(3-8)17-4-11(15)14-9/h1-3H,4-7,13H2,(H,14,15). The van der Waals surface area contributed by atoms with Crippen molar-refractivity contribution in [1.29, 1.82) is 0 Å². The molecule has 2 aliphatic heterocycles. The van der Waals surface area contributed by atoms with Crippen molar-refractivity contribution < 1.29 is 9.53 Å². The number of hydrogen-bond acceptors (Lipinski definition) is 4. The van der Waals surface area contributed by atoms with Gasteiger partial charge in [0.25, 0.3) is 0 Å². The summed E-state index contributed by atoms with van der Waals surface area (Å²) in [6.07, 6.45) is 0. The summed E-state index contributed by atoms with van der Waals surface area (Å²) in [4.78, 5) is 12.4. The highest BCUT2D eigenvalue weighted by Crippen LogP contribution is 2.38. The first-order valence-electron chi connectivity index (χ1n) is 5.58. The number of fused-ring (bicyclic) bond motifs is 1. The van der Waals surface area contributed by atoms with E-state index in [1.807, 2.05) is 12.1 Å². The molecule has 1 amide bonds. The Hall–Kier alpha value is -1.04. The van der Waals surface area contributed by atoms with Crippen LogP contribution in [0.3, 0.4) is 0 Å². The fourth-order valence-corrected chi connectivity index (χ4v) is 3.00. The summed E-state index contributed by atoms with van der Waals surface area (Å²) in [6.45, 7) is 1.99. The zero-order valence-electron chi connectivity index (χ0n) is 9.36. The first-order chi connectivity index (χ1) is 8.23. The van der Waals surface area contributed by atoms with Gasteiger partial charge in [-0.25, -0.2) is 0 Å². The molecule has 1 aromatic carbocycles. The van der Waals surface area contributed by atoms with Gasteiger partial charge in [-0.3, -0.25) is 4.79 Å². The lowest BCUT2D eigenvalue weighted by atomic mass is 9.79. The van der Waals surface area contributed by atoms with Crippen molar-refractivity contribution in [3.05, 3.63) is 23.8 Å². The predicted octanol–water partition coefficient (Wildman–Crippen LogP) is 0.957. The maximum absolute atomic E-state index is 11.3. The van der Waals surface area contributed by atoms with Crippen LogP contribution in [0.25, 0.3) is 0 Å². The number of hydrogen-bond donors (Lipinski definition) is 2. The van der Waals surface area contributed by atoms with E-state index in [4.69, 9.17) is 10.5 Å². The number of nitrogens with two attached hydrogens (primary N) is 1. The minimum Gasteiger partial charge on any atom is -0.379 e. The van der Waals surface area contributed by atoms with Gasteiger partial charge in [0, 0.05) is 11.4 Å². The van der Waals surface area contributed by atoms with Gasteiger partial charge in [-0.2, -0.15) is 0 Å². The molecular formula is C12H14N2O2S. The lowest BCUT2D eigenvalue weighted by Gasteiger charge is -2.41. The van der Waals surface area contributed by atoms with Crippen LogP contribution in [0.4, 0.5) is 5.69 Å². The highest BCUT2D eigenvalue weighted by atomic mass is 32.2. The first kappa shape index (κ1) is 11.1. The smallest absolute Gasteiger partial charge is 0.234 e. The van der Waals surface area contributed by atoms with E-state index in [0.717, 1.165) is 10.6 Å². The van der Waals surface area contributed by atoms with Crippen LogP contribution < -0.4 is 11.1 Å². The molecule has 2 aliphatic rings. The topological polar surface area (TPSA) is 64.4 Å². The third-order valence-corrected chi connectivity index (χ3v) is 4.43. The molecule has 0 saturated carbocycles. The number of carbonyl (C=O) groups is 1. The van der Waals surface area contributed by atoms with Gasteiger partial charge in [0.2, 0.25) is 5.91 Å². The zero-order chi connectivity index (χ0) is 11.9. The number of thioether (sulfide) groups is 1. The monoisotopic (exact) mass is 250 g/mol. The van der Waals surface area contributed by atoms with Crippen LogP contribution in [0.1, 0.15) is 5.56 Å². The van der Waals surface area contributed by atoms with E-state index in [0.29, 0.717) is 25.5 Å². The molecule has 0 spiro atoms. The summed E-state index contributed by atoms with van der Waals surface area (Å²) < 4.78 is 5.29. The van der Waals surface area contributed by atoms with Crippen LogP contribution in [0, 0.1) is 0 Å². The van der Waals surface area contributed by atoms with E-state index in [1.165, 1.54) is 5.56 Å². The number of carbonyl (C=O) groups excluding carboxylic acids is 1. The Morgan fingerprint density at radius 1 is 1.47 bits per heavy atom. The molecule has 3 N–H and O–H groups in total. The van der Waals surface area contributed by atoms with Crippen molar-refractivity contribution in [3.63, 3.8) is 0 Å². The van der Waals surface area contributed by atoms with Crippen LogP contribution >= 0.6 is 11.8 Å². The van der Waals surface area contributed by atoms with Crippen molar-refractivity contribution >= 4 is 23.4 Å². The number of benzene rings is 1. The Balaban J connectivity index is 1.96. The molecule has 0 atom stereocenters. The van der Waals surface area contributed by atoms with Gasteiger partial charge in [0.1, 0.15) is 0 Å². The number of rotatable bonds is 2. The van der Waals surface area contributed by atoms with Crippen molar-refractivity contribution in [1.82, 2.24) is 0 Å². The Morgan fingerprint density at radius 3 is 2.94 bits per heavy atom. The summed E-state index contributed by atoms with van der Waals surface area (Å²) in [5.41, 5.74) is 7.95. The Morgan fingerprint density at radius 2 is 2.29 bits per heavy atom. The highest BCUT2D eigenvalue weighted by molar-refractivity contribution is 8.00. The maximum Gasteiger partial charge on any atom is 0.234 e. The van der Waals surface area contributed by atoms with Gasteiger partial charge in [-0.15, -0.1) is 11.8 Å². The number of amides is 1. The molecule has 0 radical (unpaired) electrons. The fraction of sp³-hybridized carbons (Fsp3) is 0.417. The second kappa shape index (κ2) is 4.01. The molecule has 90 valence electrons. The lowest BCUT2D eigenvalue weighted by Crippen LogP contribution is -2.52.